The smallest absolute Gasteiger partial charge is 0.154 e. The van der Waals surface area contributed by atoms with Gasteiger partial charge < -0.3 is 15.2 Å². The van der Waals surface area contributed by atoms with Crippen LogP contribution in [0.4, 0.5) is 11.6 Å². The summed E-state index contributed by atoms with van der Waals surface area (Å²) in [7, 11) is 0. The Kier molecular flexibility index (Phi) is 5.25. The number of fused-ring (bicyclic) bond motifs is 1. The third-order valence-electron chi connectivity index (χ3n) is 6.24. The van der Waals surface area contributed by atoms with Crippen LogP contribution in [0.15, 0.2) is 42.7 Å². The maximum Gasteiger partial charge on any atom is 0.154 e. The zero-order valence-corrected chi connectivity index (χ0v) is 19.3. The second-order valence-electron chi connectivity index (χ2n) is 9.18. The van der Waals surface area contributed by atoms with E-state index in [4.69, 9.17) is 4.74 Å². The van der Waals surface area contributed by atoms with Crippen molar-refractivity contribution >= 4 is 17.2 Å². The number of aliphatic hydroxyl groups is 1. The monoisotopic (exact) mass is 444 g/mol. The van der Waals surface area contributed by atoms with Crippen molar-refractivity contribution in [2.75, 3.05) is 11.9 Å². The van der Waals surface area contributed by atoms with E-state index in [9.17, 15) is 5.11 Å². The minimum Gasteiger partial charge on any atom is -0.489 e. The highest BCUT2D eigenvalue weighted by molar-refractivity contribution is 5.75. The van der Waals surface area contributed by atoms with Crippen LogP contribution in [0.25, 0.3) is 16.6 Å². The van der Waals surface area contributed by atoms with Crippen molar-refractivity contribution in [1.29, 1.82) is 0 Å². The van der Waals surface area contributed by atoms with Crippen molar-refractivity contribution in [3.63, 3.8) is 0 Å². The van der Waals surface area contributed by atoms with Crippen molar-refractivity contribution < 1.29 is 9.84 Å². The number of nitrogens with one attached hydrogen (secondary N) is 1. The van der Waals surface area contributed by atoms with Gasteiger partial charge in [-0.1, -0.05) is 6.92 Å². The Balaban J connectivity index is 1.42. The summed E-state index contributed by atoms with van der Waals surface area (Å²) < 4.78 is 7.85. The quantitative estimate of drug-likeness (QED) is 0.436. The Morgan fingerprint density at radius 3 is 2.67 bits per heavy atom. The molecular weight excluding hydrogens is 416 g/mol. The fraction of sp³-hybridized carbons (Fsp3) is 0.360. The molecule has 0 spiro atoms. The molecule has 4 aromatic heterocycles. The molecule has 1 atom stereocenters. The van der Waals surface area contributed by atoms with E-state index in [1.165, 1.54) is 0 Å². The molecule has 4 aromatic rings. The van der Waals surface area contributed by atoms with Gasteiger partial charge in [-0.2, -0.15) is 5.10 Å². The first kappa shape index (κ1) is 21.3. The zero-order valence-electron chi connectivity index (χ0n) is 19.3. The molecule has 1 fully saturated rings. The number of aromatic nitrogens is 5. The average Bonchev–Trinajstić information content (AvgIpc) is 3.39. The summed E-state index contributed by atoms with van der Waals surface area (Å²) in [5.74, 6) is 2.79. The van der Waals surface area contributed by atoms with Crippen LogP contribution in [0.3, 0.4) is 0 Å². The molecule has 0 unspecified atom stereocenters. The summed E-state index contributed by atoms with van der Waals surface area (Å²) in [5.41, 5.74) is 4.66. The molecule has 4 heterocycles. The molecule has 0 bridgehead atoms. The molecule has 0 saturated heterocycles. The van der Waals surface area contributed by atoms with E-state index in [1.54, 1.807) is 6.20 Å². The van der Waals surface area contributed by atoms with Gasteiger partial charge in [0.1, 0.15) is 24.0 Å². The summed E-state index contributed by atoms with van der Waals surface area (Å²) in [6.07, 6.45) is 5.26. The van der Waals surface area contributed by atoms with Gasteiger partial charge in [0.05, 0.1) is 17.8 Å². The van der Waals surface area contributed by atoms with Crippen molar-refractivity contribution in [3.8, 4) is 16.9 Å². The van der Waals surface area contributed by atoms with Crippen LogP contribution in [0, 0.1) is 26.2 Å². The lowest BCUT2D eigenvalue weighted by Gasteiger charge is -2.19. The predicted molar refractivity (Wildman–Crippen MR) is 127 cm³/mol. The van der Waals surface area contributed by atoms with Gasteiger partial charge in [-0.15, -0.1) is 0 Å². The highest BCUT2D eigenvalue weighted by Gasteiger charge is 2.44. The van der Waals surface area contributed by atoms with Crippen LogP contribution < -0.4 is 10.1 Å². The van der Waals surface area contributed by atoms with Crippen LogP contribution in [-0.4, -0.2) is 42.4 Å². The standard InChI is InChI=1S/C25H28N6O2/c1-15-9-20(21(13-26-15)33-14-22(32)25(4)6-7-25)18-5-8-31-19(11-18)12-24(30-31)29-23-10-16(2)27-17(3)28-23/h5,8-13,22,32H,6-7,14H2,1-4H3,(H,27,28,29,30)/t22-/m0/s1. The third kappa shape index (κ3) is 4.52. The normalized spacial score (nSPS) is 15.4. The Bertz CT molecular complexity index is 1310. The largest absolute Gasteiger partial charge is 0.489 e. The first-order valence-electron chi connectivity index (χ1n) is 11.2. The van der Waals surface area contributed by atoms with E-state index in [1.807, 2.05) is 55.7 Å². The Morgan fingerprint density at radius 1 is 1.09 bits per heavy atom. The Hall–Kier alpha value is -3.52. The highest BCUT2D eigenvalue weighted by atomic mass is 16.5. The molecule has 1 aliphatic carbocycles. The fourth-order valence-corrected chi connectivity index (χ4v) is 3.92. The van der Waals surface area contributed by atoms with Crippen molar-refractivity contribution in [3.05, 3.63) is 59.9 Å². The number of pyridine rings is 2. The molecule has 0 aromatic carbocycles. The van der Waals surface area contributed by atoms with Gasteiger partial charge in [0, 0.05) is 35.3 Å². The molecule has 1 saturated carbocycles. The molecule has 0 aliphatic heterocycles. The molecule has 0 amide bonds. The van der Waals surface area contributed by atoms with Gasteiger partial charge in [-0.3, -0.25) is 4.98 Å². The van der Waals surface area contributed by atoms with Crippen LogP contribution in [0.2, 0.25) is 0 Å². The highest BCUT2D eigenvalue weighted by Crippen LogP contribution is 2.48. The zero-order chi connectivity index (χ0) is 23.2. The summed E-state index contributed by atoms with van der Waals surface area (Å²) in [6, 6.07) is 9.94. The van der Waals surface area contributed by atoms with E-state index >= 15 is 0 Å². The minimum atomic E-state index is -0.480. The predicted octanol–water partition coefficient (Wildman–Crippen LogP) is 4.39. The van der Waals surface area contributed by atoms with Gasteiger partial charge in [-0.25, -0.2) is 14.5 Å². The lowest BCUT2D eigenvalue weighted by atomic mass is 10.0. The lowest BCUT2D eigenvalue weighted by Crippen LogP contribution is -2.26. The molecular formula is C25H28N6O2. The maximum atomic E-state index is 10.5. The van der Waals surface area contributed by atoms with Crippen LogP contribution in [0.5, 0.6) is 5.75 Å². The van der Waals surface area contributed by atoms with Crippen LogP contribution in [-0.2, 0) is 0 Å². The van der Waals surface area contributed by atoms with E-state index in [0.717, 1.165) is 40.9 Å². The molecule has 0 radical (unpaired) electrons. The van der Waals surface area contributed by atoms with E-state index in [0.29, 0.717) is 23.2 Å². The first-order chi connectivity index (χ1) is 15.8. The van der Waals surface area contributed by atoms with E-state index in [-0.39, 0.29) is 12.0 Å². The number of aryl methyl sites for hydroxylation is 3. The number of aliphatic hydroxyl groups excluding tert-OH is 1. The number of ether oxygens (including phenoxy) is 1. The second-order valence-corrected chi connectivity index (χ2v) is 9.18. The fourth-order valence-electron chi connectivity index (χ4n) is 3.92. The number of hydrogen-bond acceptors (Lipinski definition) is 7. The van der Waals surface area contributed by atoms with Crippen LogP contribution in [0.1, 0.15) is 37.0 Å². The van der Waals surface area contributed by atoms with Gasteiger partial charge >= 0.3 is 0 Å². The molecule has 8 nitrogen and oxygen atoms in total. The lowest BCUT2D eigenvalue weighted by molar-refractivity contribution is 0.0527. The van der Waals surface area contributed by atoms with Crippen molar-refractivity contribution in [1.82, 2.24) is 24.6 Å². The molecule has 2 N–H and O–H groups in total. The molecule has 5 rings (SSSR count). The summed E-state index contributed by atoms with van der Waals surface area (Å²) in [6.45, 7) is 8.12. The topological polar surface area (TPSA) is 97.5 Å². The van der Waals surface area contributed by atoms with Crippen molar-refractivity contribution in [2.24, 2.45) is 5.41 Å². The van der Waals surface area contributed by atoms with E-state index in [2.05, 4.69) is 38.4 Å². The number of nitrogens with zero attached hydrogens (tertiary/aromatic N) is 5. The molecule has 170 valence electrons. The number of hydrogen-bond donors (Lipinski definition) is 2. The summed E-state index contributed by atoms with van der Waals surface area (Å²) in [4.78, 5) is 13.1. The van der Waals surface area contributed by atoms with Crippen LogP contribution >= 0.6 is 0 Å². The van der Waals surface area contributed by atoms with Gasteiger partial charge in [0.15, 0.2) is 5.82 Å². The Morgan fingerprint density at radius 2 is 1.91 bits per heavy atom. The number of rotatable bonds is 7. The van der Waals surface area contributed by atoms with Crippen molar-refractivity contribution in [2.45, 2.75) is 46.6 Å². The maximum absolute atomic E-state index is 10.5. The Labute approximate surface area is 192 Å². The first-order valence-corrected chi connectivity index (χ1v) is 11.2. The number of anilines is 2. The molecule has 33 heavy (non-hydrogen) atoms. The van der Waals surface area contributed by atoms with Gasteiger partial charge in [0.2, 0.25) is 0 Å². The molecule has 8 heteroatoms. The average molecular weight is 445 g/mol. The van der Waals surface area contributed by atoms with Gasteiger partial charge in [-0.05, 0) is 62.8 Å². The summed E-state index contributed by atoms with van der Waals surface area (Å²) >= 11 is 0. The van der Waals surface area contributed by atoms with Gasteiger partial charge in [0.25, 0.3) is 0 Å². The minimum absolute atomic E-state index is 0.0149. The molecule has 1 aliphatic rings. The second kappa shape index (κ2) is 8.12. The SMILES string of the molecule is Cc1cc(-c2ccn3nc(Nc4cc(C)nc(C)n4)cc3c2)c(OC[C@H](O)C2(C)CC2)cn1. The van der Waals surface area contributed by atoms with E-state index < -0.39 is 6.10 Å². The summed E-state index contributed by atoms with van der Waals surface area (Å²) in [5, 5.41) is 18.3. The third-order valence-corrected chi connectivity index (χ3v) is 6.24.